The lowest BCUT2D eigenvalue weighted by atomic mass is 9.92. The summed E-state index contributed by atoms with van der Waals surface area (Å²) in [6.07, 6.45) is 0. The predicted octanol–water partition coefficient (Wildman–Crippen LogP) is 13.1. The van der Waals surface area contributed by atoms with Gasteiger partial charge in [0.25, 0.3) is 0 Å². The first kappa shape index (κ1) is 31.1. The number of aromatic nitrogens is 4. The normalized spacial score (nSPS) is 11.6. The minimum Gasteiger partial charge on any atom is -0.309 e. The molecule has 11 rings (SSSR count). The summed E-state index contributed by atoms with van der Waals surface area (Å²) in [5, 5.41) is 9.65. The van der Waals surface area contributed by atoms with Crippen LogP contribution >= 0.6 is 0 Å². The van der Waals surface area contributed by atoms with Gasteiger partial charge in [0, 0.05) is 32.8 Å². The van der Waals surface area contributed by atoms with E-state index in [9.17, 15) is 0 Å². The van der Waals surface area contributed by atoms with E-state index in [0.717, 1.165) is 27.8 Å². The molecule has 0 atom stereocenters. The van der Waals surface area contributed by atoms with Gasteiger partial charge in [-0.1, -0.05) is 170 Å². The lowest BCUT2D eigenvalue weighted by molar-refractivity contribution is 1.07. The topological polar surface area (TPSA) is 43.6 Å². The third kappa shape index (κ3) is 5.11. The molecule has 0 aliphatic rings. The molecule has 0 N–H and O–H groups in total. The number of hydrogen-bond acceptors (Lipinski definition) is 3. The quantitative estimate of drug-likeness (QED) is 0.168. The average molecular weight is 701 g/mol. The van der Waals surface area contributed by atoms with Gasteiger partial charge < -0.3 is 4.57 Å². The Bertz CT molecular complexity index is 3150. The Kier molecular flexibility index (Phi) is 7.14. The number of hydrogen-bond donors (Lipinski definition) is 0. The number of fused-ring (bicyclic) bond motifs is 9. The van der Waals surface area contributed by atoms with Crippen LogP contribution in [0, 0.1) is 0 Å². The van der Waals surface area contributed by atoms with Crippen molar-refractivity contribution in [2.75, 3.05) is 0 Å². The maximum Gasteiger partial charge on any atom is 0.164 e. The number of para-hydroxylation sites is 1. The molecular weight excluding hydrogens is 669 g/mol. The van der Waals surface area contributed by atoms with Crippen LogP contribution in [0.3, 0.4) is 0 Å². The molecule has 2 aromatic heterocycles. The maximum atomic E-state index is 5.06. The number of nitrogens with zero attached hydrogens (tertiary/aromatic N) is 4. The molecule has 0 amide bonds. The lowest BCUT2D eigenvalue weighted by Crippen LogP contribution is -2.00. The Labute approximate surface area is 317 Å². The Morgan fingerprint density at radius 3 is 1.42 bits per heavy atom. The SMILES string of the molecule is c1ccc(-c2ccc3c4ccccc4n(-c4cccc5c6ccc(-c7nc(-c8ccccc8)nc(-c8ccccc8)n7)cc6c6ccccc6c45)c3c2)cc1. The van der Waals surface area contributed by atoms with Crippen LogP contribution in [0.15, 0.2) is 194 Å². The summed E-state index contributed by atoms with van der Waals surface area (Å²) in [6, 6.07) is 68.8. The van der Waals surface area contributed by atoms with Crippen LogP contribution in [-0.4, -0.2) is 19.5 Å². The molecule has 4 nitrogen and oxygen atoms in total. The largest absolute Gasteiger partial charge is 0.309 e. The predicted molar refractivity (Wildman–Crippen MR) is 228 cm³/mol. The molecule has 0 saturated carbocycles. The fraction of sp³-hybridized carbons (Fsp3) is 0. The second-order valence-corrected chi connectivity index (χ2v) is 14.0. The molecule has 0 spiro atoms. The Morgan fingerprint density at radius 2 is 0.745 bits per heavy atom. The average Bonchev–Trinajstić information content (AvgIpc) is 3.60. The fourth-order valence-corrected chi connectivity index (χ4v) is 8.29. The van der Waals surface area contributed by atoms with E-state index in [2.05, 4.69) is 138 Å². The summed E-state index contributed by atoms with van der Waals surface area (Å²) < 4.78 is 2.47. The van der Waals surface area contributed by atoms with E-state index in [-0.39, 0.29) is 0 Å². The first-order chi connectivity index (χ1) is 27.3. The second kappa shape index (κ2) is 12.6. The minimum atomic E-state index is 0.645. The summed E-state index contributed by atoms with van der Waals surface area (Å²) in [5.41, 5.74) is 8.79. The lowest BCUT2D eigenvalue weighted by Gasteiger charge is -2.17. The first-order valence-electron chi connectivity index (χ1n) is 18.6. The second-order valence-electron chi connectivity index (χ2n) is 14.0. The summed E-state index contributed by atoms with van der Waals surface area (Å²) in [7, 11) is 0. The molecule has 2 heterocycles. The van der Waals surface area contributed by atoms with Crippen LogP contribution in [0.5, 0.6) is 0 Å². The van der Waals surface area contributed by atoms with Crippen LogP contribution in [-0.2, 0) is 0 Å². The van der Waals surface area contributed by atoms with Crippen LogP contribution < -0.4 is 0 Å². The third-order valence-electron chi connectivity index (χ3n) is 10.8. The van der Waals surface area contributed by atoms with Gasteiger partial charge in [-0.2, -0.15) is 0 Å². The van der Waals surface area contributed by atoms with Gasteiger partial charge in [-0.25, -0.2) is 15.0 Å². The van der Waals surface area contributed by atoms with Crippen molar-refractivity contribution in [3.63, 3.8) is 0 Å². The molecule has 9 aromatic carbocycles. The molecule has 55 heavy (non-hydrogen) atoms. The summed E-state index contributed by atoms with van der Waals surface area (Å²) in [4.78, 5) is 15.0. The van der Waals surface area contributed by atoms with Crippen LogP contribution in [0.2, 0.25) is 0 Å². The van der Waals surface area contributed by atoms with Gasteiger partial charge in [-0.3, -0.25) is 0 Å². The van der Waals surface area contributed by atoms with E-state index in [4.69, 9.17) is 15.0 Å². The molecule has 0 saturated heterocycles. The van der Waals surface area contributed by atoms with Crippen molar-refractivity contribution in [3.8, 4) is 51.0 Å². The minimum absolute atomic E-state index is 0.645. The van der Waals surface area contributed by atoms with E-state index in [1.54, 1.807) is 0 Å². The molecule has 11 aromatic rings. The maximum absolute atomic E-state index is 5.06. The van der Waals surface area contributed by atoms with Crippen molar-refractivity contribution in [3.05, 3.63) is 194 Å². The van der Waals surface area contributed by atoms with Crippen molar-refractivity contribution < 1.29 is 0 Å². The van der Waals surface area contributed by atoms with Crippen LogP contribution in [0.25, 0.3) is 105 Å². The molecule has 0 aliphatic heterocycles. The van der Waals surface area contributed by atoms with Gasteiger partial charge in [-0.15, -0.1) is 0 Å². The first-order valence-corrected chi connectivity index (χ1v) is 18.6. The number of benzene rings is 9. The molecule has 4 heteroatoms. The fourth-order valence-electron chi connectivity index (χ4n) is 8.29. The van der Waals surface area contributed by atoms with Gasteiger partial charge in [0.1, 0.15) is 0 Å². The van der Waals surface area contributed by atoms with Crippen LogP contribution in [0.4, 0.5) is 0 Å². The van der Waals surface area contributed by atoms with E-state index < -0.39 is 0 Å². The van der Waals surface area contributed by atoms with Crippen molar-refractivity contribution in [1.29, 1.82) is 0 Å². The standard InChI is InChI=1S/C51H32N4/c1-4-15-33(16-5-1)36-27-30-41-40-22-12-13-25-45(40)55(47(41)32-36)46-26-14-24-43-39-29-28-37(31-44(39)38-21-10-11-23-42(38)48(43)46)51-53-49(34-17-6-2-7-18-34)52-50(54-51)35-19-8-3-9-20-35/h1-32H. The Hall–Kier alpha value is -7.43. The van der Waals surface area contributed by atoms with Crippen molar-refractivity contribution in [2.45, 2.75) is 0 Å². The van der Waals surface area contributed by atoms with E-state index in [0.29, 0.717) is 17.5 Å². The Balaban J connectivity index is 1.17. The molecule has 0 aliphatic carbocycles. The zero-order valence-electron chi connectivity index (χ0n) is 29.8. The van der Waals surface area contributed by atoms with Gasteiger partial charge in [0.15, 0.2) is 17.5 Å². The van der Waals surface area contributed by atoms with Gasteiger partial charge in [-0.05, 0) is 62.3 Å². The number of rotatable bonds is 5. The molecule has 0 radical (unpaired) electrons. The smallest absolute Gasteiger partial charge is 0.164 e. The van der Waals surface area contributed by atoms with Crippen molar-refractivity contribution in [2.24, 2.45) is 0 Å². The summed E-state index contributed by atoms with van der Waals surface area (Å²) in [5.74, 6) is 1.95. The highest BCUT2D eigenvalue weighted by Crippen LogP contribution is 2.42. The molecule has 256 valence electrons. The van der Waals surface area contributed by atoms with Crippen LogP contribution in [0.1, 0.15) is 0 Å². The van der Waals surface area contributed by atoms with Gasteiger partial charge in [0.05, 0.1) is 16.7 Å². The monoisotopic (exact) mass is 700 g/mol. The molecule has 0 unspecified atom stereocenters. The van der Waals surface area contributed by atoms with E-state index in [1.165, 1.54) is 59.9 Å². The third-order valence-corrected chi connectivity index (χ3v) is 10.8. The highest BCUT2D eigenvalue weighted by Gasteiger charge is 2.19. The highest BCUT2D eigenvalue weighted by atomic mass is 15.0. The van der Waals surface area contributed by atoms with Crippen molar-refractivity contribution >= 4 is 54.1 Å². The summed E-state index contributed by atoms with van der Waals surface area (Å²) >= 11 is 0. The Morgan fingerprint density at radius 1 is 0.273 bits per heavy atom. The summed E-state index contributed by atoms with van der Waals surface area (Å²) in [6.45, 7) is 0. The van der Waals surface area contributed by atoms with Gasteiger partial charge in [0.2, 0.25) is 0 Å². The molecular formula is C51H32N4. The zero-order valence-corrected chi connectivity index (χ0v) is 29.8. The molecule has 0 bridgehead atoms. The van der Waals surface area contributed by atoms with E-state index in [1.807, 2.05) is 60.7 Å². The van der Waals surface area contributed by atoms with Gasteiger partial charge >= 0.3 is 0 Å². The highest BCUT2D eigenvalue weighted by molar-refractivity contribution is 6.28. The molecule has 0 fully saturated rings. The zero-order chi connectivity index (χ0) is 36.3. The van der Waals surface area contributed by atoms with E-state index >= 15 is 0 Å². The van der Waals surface area contributed by atoms with Crippen molar-refractivity contribution in [1.82, 2.24) is 19.5 Å².